The Bertz CT molecular complexity index is 948. The first-order valence-electron chi connectivity index (χ1n) is 8.57. The largest absolute Gasteiger partial charge is 0.497 e. The summed E-state index contributed by atoms with van der Waals surface area (Å²) in [5.74, 6) is 1.94. The molecule has 0 fully saturated rings. The van der Waals surface area contributed by atoms with Gasteiger partial charge in [-0.05, 0) is 29.8 Å². The van der Waals surface area contributed by atoms with Gasteiger partial charge in [0.2, 0.25) is 0 Å². The zero-order valence-corrected chi connectivity index (χ0v) is 16.2. The maximum absolute atomic E-state index is 12.1. The predicted octanol–water partition coefficient (Wildman–Crippen LogP) is 2.82. The van der Waals surface area contributed by atoms with Gasteiger partial charge in [0.25, 0.3) is 0 Å². The molecule has 1 N–H and O–H groups in total. The third kappa shape index (κ3) is 3.90. The van der Waals surface area contributed by atoms with E-state index in [2.05, 4.69) is 15.3 Å². The van der Waals surface area contributed by atoms with Crippen LogP contribution in [0, 0.1) is 0 Å². The van der Waals surface area contributed by atoms with Gasteiger partial charge >= 0.3 is 5.97 Å². The highest BCUT2D eigenvalue weighted by Crippen LogP contribution is 2.32. The van der Waals surface area contributed by atoms with E-state index in [1.807, 2.05) is 29.9 Å². The minimum absolute atomic E-state index is 0.332. The van der Waals surface area contributed by atoms with Gasteiger partial charge in [0.05, 0.1) is 21.3 Å². The lowest BCUT2D eigenvalue weighted by Crippen LogP contribution is -2.19. The summed E-state index contributed by atoms with van der Waals surface area (Å²) in [7, 11) is 6.42. The van der Waals surface area contributed by atoms with Crippen molar-refractivity contribution in [2.45, 2.75) is 6.04 Å². The number of aromatic nitrogens is 3. The fraction of sp³-hybridized carbons (Fsp3) is 0.250. The molecule has 0 saturated carbocycles. The third-order valence-electron chi connectivity index (χ3n) is 4.32. The van der Waals surface area contributed by atoms with E-state index in [0.717, 1.165) is 11.4 Å². The lowest BCUT2D eigenvalue weighted by atomic mass is 10.0. The number of carbonyl (C=O) groups excluding carboxylic acids is 1. The number of nitrogens with zero attached hydrogens (tertiary/aromatic N) is 3. The zero-order valence-electron chi connectivity index (χ0n) is 16.2. The molecule has 0 spiro atoms. The van der Waals surface area contributed by atoms with Crippen LogP contribution in [0.15, 0.2) is 48.9 Å². The molecule has 0 amide bonds. The minimum Gasteiger partial charge on any atom is -0.497 e. The molecule has 28 heavy (non-hydrogen) atoms. The number of esters is 1. The minimum atomic E-state index is -0.475. The number of hydrogen-bond donors (Lipinski definition) is 1. The van der Waals surface area contributed by atoms with Gasteiger partial charge in [0.1, 0.15) is 34.7 Å². The molecule has 3 rings (SSSR count). The van der Waals surface area contributed by atoms with Crippen LogP contribution in [0.3, 0.4) is 0 Å². The van der Waals surface area contributed by atoms with Crippen molar-refractivity contribution in [1.29, 1.82) is 0 Å². The molecule has 8 nitrogen and oxygen atoms in total. The van der Waals surface area contributed by atoms with Crippen LogP contribution < -0.4 is 14.8 Å². The van der Waals surface area contributed by atoms with Gasteiger partial charge in [-0.2, -0.15) is 0 Å². The van der Waals surface area contributed by atoms with E-state index in [9.17, 15) is 4.79 Å². The monoisotopic (exact) mass is 382 g/mol. The van der Waals surface area contributed by atoms with Gasteiger partial charge in [-0.25, -0.2) is 14.8 Å². The summed E-state index contributed by atoms with van der Waals surface area (Å²) in [5.41, 5.74) is 1.17. The second-order valence-electron chi connectivity index (χ2n) is 6.01. The Labute approximate surface area is 163 Å². The number of methoxy groups -OCH3 is 3. The second-order valence-corrected chi connectivity index (χ2v) is 6.01. The summed E-state index contributed by atoms with van der Waals surface area (Å²) in [6.45, 7) is 0. The normalized spacial score (nSPS) is 11.6. The standard InChI is InChI=1S/C20H22N4O4/c1-24-9-8-22-19(24)17(13-10-14(26-2)12-15(11-13)27-3)23-18-16(20(25)28-4)6-5-7-21-18/h5-12,17H,1-4H3,(H,21,23). The van der Waals surface area contributed by atoms with Crippen molar-refractivity contribution in [2.24, 2.45) is 7.05 Å². The molecule has 0 bridgehead atoms. The molecule has 0 saturated heterocycles. The molecule has 1 unspecified atom stereocenters. The van der Waals surface area contributed by atoms with Crippen LogP contribution in [-0.2, 0) is 11.8 Å². The Morgan fingerprint density at radius 3 is 2.36 bits per heavy atom. The average molecular weight is 382 g/mol. The highest BCUT2D eigenvalue weighted by atomic mass is 16.5. The highest BCUT2D eigenvalue weighted by Gasteiger charge is 2.23. The molecule has 0 aliphatic rings. The van der Waals surface area contributed by atoms with E-state index in [4.69, 9.17) is 14.2 Å². The third-order valence-corrected chi connectivity index (χ3v) is 4.32. The highest BCUT2D eigenvalue weighted by molar-refractivity contribution is 5.94. The van der Waals surface area contributed by atoms with Gasteiger partial charge in [-0.15, -0.1) is 0 Å². The number of carbonyl (C=O) groups is 1. The molecule has 2 aromatic heterocycles. The smallest absolute Gasteiger partial charge is 0.341 e. The lowest BCUT2D eigenvalue weighted by molar-refractivity contribution is 0.0601. The van der Waals surface area contributed by atoms with E-state index in [1.54, 1.807) is 44.8 Å². The van der Waals surface area contributed by atoms with Crippen molar-refractivity contribution in [3.05, 3.63) is 65.9 Å². The fourth-order valence-corrected chi connectivity index (χ4v) is 2.88. The van der Waals surface area contributed by atoms with Crippen molar-refractivity contribution < 1.29 is 19.0 Å². The number of pyridine rings is 1. The SMILES string of the molecule is COC(=O)c1cccnc1NC(c1cc(OC)cc(OC)c1)c1nccn1C. The molecule has 0 aliphatic carbocycles. The first-order chi connectivity index (χ1) is 13.6. The Morgan fingerprint density at radius 2 is 1.79 bits per heavy atom. The molecule has 0 aliphatic heterocycles. The van der Waals surface area contributed by atoms with Crippen LogP contribution >= 0.6 is 0 Å². The second kappa shape index (κ2) is 8.43. The Morgan fingerprint density at radius 1 is 1.07 bits per heavy atom. The van der Waals surface area contributed by atoms with E-state index in [-0.39, 0.29) is 0 Å². The predicted molar refractivity (Wildman–Crippen MR) is 104 cm³/mol. The number of anilines is 1. The molecule has 146 valence electrons. The van der Waals surface area contributed by atoms with Gasteiger partial charge in [-0.3, -0.25) is 0 Å². The molecular formula is C20H22N4O4. The number of rotatable bonds is 7. The summed E-state index contributed by atoms with van der Waals surface area (Å²) >= 11 is 0. The van der Waals surface area contributed by atoms with Crippen LogP contribution in [0.1, 0.15) is 27.8 Å². The first kappa shape index (κ1) is 19.2. The number of hydrogen-bond acceptors (Lipinski definition) is 7. The van der Waals surface area contributed by atoms with Crippen LogP contribution in [0.4, 0.5) is 5.82 Å². The molecule has 1 aromatic carbocycles. The molecule has 2 heterocycles. The van der Waals surface area contributed by atoms with Gasteiger partial charge < -0.3 is 24.1 Å². The number of benzene rings is 1. The fourth-order valence-electron chi connectivity index (χ4n) is 2.88. The average Bonchev–Trinajstić information content (AvgIpc) is 3.16. The summed E-state index contributed by atoms with van der Waals surface area (Å²) in [4.78, 5) is 20.9. The van der Waals surface area contributed by atoms with Crippen LogP contribution in [0.5, 0.6) is 11.5 Å². The van der Waals surface area contributed by atoms with E-state index in [0.29, 0.717) is 22.9 Å². The van der Waals surface area contributed by atoms with Crippen molar-refractivity contribution in [2.75, 3.05) is 26.6 Å². The van der Waals surface area contributed by atoms with E-state index >= 15 is 0 Å². The summed E-state index contributed by atoms with van der Waals surface area (Å²) in [6.07, 6.45) is 5.17. The molecule has 3 aromatic rings. The maximum atomic E-state index is 12.1. The Kier molecular flexibility index (Phi) is 5.78. The topological polar surface area (TPSA) is 87.5 Å². The van der Waals surface area contributed by atoms with Gasteiger partial charge in [0.15, 0.2) is 0 Å². The molecular weight excluding hydrogens is 360 g/mol. The maximum Gasteiger partial charge on any atom is 0.341 e. The van der Waals surface area contributed by atoms with E-state index in [1.165, 1.54) is 7.11 Å². The van der Waals surface area contributed by atoms with Crippen molar-refractivity contribution >= 4 is 11.8 Å². The number of ether oxygens (including phenoxy) is 3. The van der Waals surface area contributed by atoms with Crippen LogP contribution in [0.2, 0.25) is 0 Å². The van der Waals surface area contributed by atoms with Crippen LogP contribution in [-0.4, -0.2) is 41.8 Å². The zero-order chi connectivity index (χ0) is 20.1. The molecule has 1 atom stereocenters. The summed E-state index contributed by atoms with van der Waals surface area (Å²) in [6, 6.07) is 8.48. The van der Waals surface area contributed by atoms with Crippen molar-refractivity contribution in [1.82, 2.24) is 14.5 Å². The van der Waals surface area contributed by atoms with Crippen molar-refractivity contribution in [3.8, 4) is 11.5 Å². The summed E-state index contributed by atoms with van der Waals surface area (Å²) < 4.78 is 17.6. The number of aryl methyl sites for hydroxylation is 1. The first-order valence-corrected chi connectivity index (χ1v) is 8.57. The Balaban J connectivity index is 2.11. The number of imidazole rings is 1. The van der Waals surface area contributed by atoms with Gasteiger partial charge in [0, 0.05) is 31.7 Å². The van der Waals surface area contributed by atoms with Crippen molar-refractivity contribution in [3.63, 3.8) is 0 Å². The summed E-state index contributed by atoms with van der Waals surface area (Å²) in [5, 5.41) is 3.32. The number of nitrogens with one attached hydrogen (secondary N) is 1. The van der Waals surface area contributed by atoms with Crippen LogP contribution in [0.25, 0.3) is 0 Å². The van der Waals surface area contributed by atoms with Gasteiger partial charge in [-0.1, -0.05) is 0 Å². The lowest BCUT2D eigenvalue weighted by Gasteiger charge is -2.22. The molecule has 0 radical (unpaired) electrons. The quantitative estimate of drug-likeness (QED) is 0.629. The van der Waals surface area contributed by atoms with E-state index < -0.39 is 12.0 Å². The molecule has 8 heteroatoms. The Hall–Kier alpha value is -3.55.